The molecule has 1 fully saturated rings. The van der Waals surface area contributed by atoms with E-state index < -0.39 is 5.91 Å². The summed E-state index contributed by atoms with van der Waals surface area (Å²) < 4.78 is 14.7. The highest BCUT2D eigenvalue weighted by Gasteiger charge is 2.27. The van der Waals surface area contributed by atoms with Gasteiger partial charge in [-0.15, -0.1) is 0 Å². The highest BCUT2D eigenvalue weighted by molar-refractivity contribution is 5.98. The molecule has 0 spiro atoms. The molecular formula is C24H29FN6O4. The van der Waals surface area contributed by atoms with Crippen LogP contribution in [0.3, 0.4) is 0 Å². The van der Waals surface area contributed by atoms with Crippen LogP contribution in [0.25, 0.3) is 0 Å². The molecule has 3 heterocycles. The third kappa shape index (κ3) is 5.84. The number of nitrogens with zero attached hydrogens (tertiary/aromatic N) is 5. The van der Waals surface area contributed by atoms with Crippen LogP contribution < -0.4 is 5.32 Å². The molecule has 2 aromatic rings. The Morgan fingerprint density at radius 1 is 1.00 bits per heavy atom. The van der Waals surface area contributed by atoms with E-state index in [2.05, 4.69) is 10.4 Å². The van der Waals surface area contributed by atoms with Crippen LogP contribution in [0.5, 0.6) is 0 Å². The molecule has 35 heavy (non-hydrogen) atoms. The van der Waals surface area contributed by atoms with Gasteiger partial charge in [-0.3, -0.25) is 23.9 Å². The first-order valence-electron chi connectivity index (χ1n) is 11.7. The molecule has 4 rings (SSSR count). The third-order valence-corrected chi connectivity index (χ3v) is 6.31. The second-order valence-corrected chi connectivity index (χ2v) is 8.74. The Balaban J connectivity index is 1.30. The number of fused-ring (bicyclic) bond motifs is 1. The zero-order chi connectivity index (χ0) is 24.9. The minimum atomic E-state index is -0.447. The average Bonchev–Trinajstić information content (AvgIpc) is 3.22. The van der Waals surface area contributed by atoms with Crippen molar-refractivity contribution in [1.82, 2.24) is 29.8 Å². The van der Waals surface area contributed by atoms with E-state index in [1.165, 1.54) is 25.1 Å². The molecule has 1 aromatic carbocycles. The van der Waals surface area contributed by atoms with E-state index in [1.807, 2.05) is 0 Å². The van der Waals surface area contributed by atoms with Crippen molar-refractivity contribution in [2.45, 2.75) is 32.9 Å². The largest absolute Gasteiger partial charge is 0.350 e. The number of hydrogen-bond donors (Lipinski definition) is 1. The highest BCUT2D eigenvalue weighted by Crippen LogP contribution is 2.17. The molecule has 0 bridgehead atoms. The number of carbonyl (C=O) groups excluding carboxylic acids is 4. The zero-order valence-electron chi connectivity index (χ0n) is 19.7. The molecule has 0 aliphatic carbocycles. The molecule has 11 heteroatoms. The number of piperazine rings is 1. The molecule has 0 atom stereocenters. The number of aromatic nitrogens is 2. The van der Waals surface area contributed by atoms with Crippen molar-refractivity contribution < 1.29 is 23.6 Å². The Hall–Kier alpha value is -3.76. The topological polar surface area (TPSA) is 108 Å². The van der Waals surface area contributed by atoms with Crippen LogP contribution in [0.15, 0.2) is 30.3 Å². The Labute approximate surface area is 202 Å². The molecule has 186 valence electrons. The second-order valence-electron chi connectivity index (χ2n) is 8.74. The van der Waals surface area contributed by atoms with E-state index in [0.29, 0.717) is 57.9 Å². The molecular weight excluding hydrogens is 455 g/mol. The summed E-state index contributed by atoms with van der Waals surface area (Å²) in [6.07, 6.45) is 0.817. The maximum absolute atomic E-state index is 13.2. The van der Waals surface area contributed by atoms with Crippen LogP contribution in [0.1, 0.15) is 46.3 Å². The van der Waals surface area contributed by atoms with Crippen molar-refractivity contribution in [2.75, 3.05) is 39.3 Å². The Morgan fingerprint density at radius 3 is 2.37 bits per heavy atom. The van der Waals surface area contributed by atoms with Gasteiger partial charge in [0.2, 0.25) is 11.8 Å². The fraction of sp³-hybridized carbons (Fsp3) is 0.458. The SMILES string of the molecule is CC(=O)N1CCN(C(=O)CCNC(=O)c2cc3n(n2)CCCN(Cc2ccc(F)cc2)C3=O)CC1. The number of nitrogens with one attached hydrogen (secondary N) is 1. The van der Waals surface area contributed by atoms with E-state index in [-0.39, 0.29) is 42.2 Å². The Morgan fingerprint density at radius 2 is 1.69 bits per heavy atom. The van der Waals surface area contributed by atoms with Crippen LogP contribution in [0.2, 0.25) is 0 Å². The lowest BCUT2D eigenvalue weighted by molar-refractivity contribution is -0.138. The summed E-state index contributed by atoms with van der Waals surface area (Å²) in [5, 5.41) is 7.01. The van der Waals surface area contributed by atoms with E-state index in [0.717, 1.165) is 5.56 Å². The molecule has 4 amide bonds. The Bertz CT molecular complexity index is 1110. The number of rotatable bonds is 6. The minimum Gasteiger partial charge on any atom is -0.350 e. The van der Waals surface area contributed by atoms with Gasteiger partial charge in [-0.05, 0) is 24.1 Å². The first-order chi connectivity index (χ1) is 16.8. The monoisotopic (exact) mass is 484 g/mol. The van der Waals surface area contributed by atoms with E-state index in [9.17, 15) is 23.6 Å². The number of carbonyl (C=O) groups is 4. The van der Waals surface area contributed by atoms with Crippen LogP contribution in [0, 0.1) is 5.82 Å². The summed E-state index contributed by atoms with van der Waals surface area (Å²) in [5.41, 5.74) is 1.27. The van der Waals surface area contributed by atoms with Crippen molar-refractivity contribution in [3.05, 3.63) is 53.1 Å². The molecule has 1 saturated heterocycles. The molecule has 1 N–H and O–H groups in total. The van der Waals surface area contributed by atoms with Crippen LogP contribution in [-0.2, 0) is 22.7 Å². The lowest BCUT2D eigenvalue weighted by Gasteiger charge is -2.34. The second kappa shape index (κ2) is 10.7. The van der Waals surface area contributed by atoms with Gasteiger partial charge in [-0.25, -0.2) is 4.39 Å². The number of benzene rings is 1. The molecule has 0 radical (unpaired) electrons. The van der Waals surface area contributed by atoms with Crippen LogP contribution in [0.4, 0.5) is 4.39 Å². The number of aryl methyl sites for hydroxylation is 1. The number of halogens is 1. The van der Waals surface area contributed by atoms with Gasteiger partial charge in [-0.2, -0.15) is 5.10 Å². The first kappa shape index (κ1) is 24.4. The zero-order valence-corrected chi connectivity index (χ0v) is 19.7. The average molecular weight is 485 g/mol. The quantitative estimate of drug-likeness (QED) is 0.655. The summed E-state index contributed by atoms with van der Waals surface area (Å²) in [5.74, 6) is -1.10. The molecule has 2 aliphatic heterocycles. The fourth-order valence-corrected chi connectivity index (χ4v) is 4.31. The summed E-state index contributed by atoms with van der Waals surface area (Å²) in [6, 6.07) is 7.49. The summed E-state index contributed by atoms with van der Waals surface area (Å²) in [7, 11) is 0. The van der Waals surface area contributed by atoms with Crippen molar-refractivity contribution in [3.8, 4) is 0 Å². The van der Waals surface area contributed by atoms with E-state index in [4.69, 9.17) is 0 Å². The molecule has 0 unspecified atom stereocenters. The van der Waals surface area contributed by atoms with Crippen molar-refractivity contribution in [1.29, 1.82) is 0 Å². The molecule has 1 aromatic heterocycles. The van der Waals surface area contributed by atoms with Gasteiger partial charge < -0.3 is 20.0 Å². The standard InChI is InChI=1S/C24H29FN6O4/c1-17(32)28-11-13-29(14-12-28)22(33)7-8-26-23(34)20-15-21-24(35)30(9-2-10-31(21)27-20)16-18-3-5-19(25)6-4-18/h3-6,15H,2,7-14,16H2,1H3,(H,26,34). The summed E-state index contributed by atoms with van der Waals surface area (Å²) in [4.78, 5) is 54.6. The van der Waals surface area contributed by atoms with Gasteiger partial charge in [0.1, 0.15) is 11.5 Å². The Kier molecular flexibility index (Phi) is 7.42. The first-order valence-corrected chi connectivity index (χ1v) is 11.7. The maximum atomic E-state index is 13.2. The number of hydrogen-bond acceptors (Lipinski definition) is 5. The summed E-state index contributed by atoms with van der Waals surface area (Å²) >= 11 is 0. The summed E-state index contributed by atoms with van der Waals surface area (Å²) in [6.45, 7) is 5.03. The molecule has 2 aliphatic rings. The van der Waals surface area contributed by atoms with Crippen LogP contribution >= 0.6 is 0 Å². The van der Waals surface area contributed by atoms with Gasteiger partial charge in [0.05, 0.1) is 0 Å². The fourth-order valence-electron chi connectivity index (χ4n) is 4.31. The van der Waals surface area contributed by atoms with Crippen molar-refractivity contribution in [2.24, 2.45) is 0 Å². The van der Waals surface area contributed by atoms with E-state index in [1.54, 1.807) is 31.5 Å². The molecule has 0 saturated carbocycles. The highest BCUT2D eigenvalue weighted by atomic mass is 19.1. The molecule has 10 nitrogen and oxygen atoms in total. The lowest BCUT2D eigenvalue weighted by Crippen LogP contribution is -2.50. The van der Waals surface area contributed by atoms with Crippen molar-refractivity contribution >= 4 is 23.6 Å². The van der Waals surface area contributed by atoms with Gasteiger partial charge >= 0.3 is 0 Å². The van der Waals surface area contributed by atoms with E-state index >= 15 is 0 Å². The minimum absolute atomic E-state index is 0.000104. The predicted octanol–water partition coefficient (Wildman–Crippen LogP) is 0.879. The maximum Gasteiger partial charge on any atom is 0.272 e. The van der Waals surface area contributed by atoms with Gasteiger partial charge in [0.25, 0.3) is 11.8 Å². The predicted molar refractivity (Wildman–Crippen MR) is 124 cm³/mol. The van der Waals surface area contributed by atoms with Gasteiger partial charge in [0.15, 0.2) is 5.69 Å². The van der Waals surface area contributed by atoms with Gasteiger partial charge in [-0.1, -0.05) is 12.1 Å². The number of amides is 4. The van der Waals surface area contributed by atoms with Gasteiger partial charge in [0, 0.05) is 71.8 Å². The van der Waals surface area contributed by atoms with Crippen molar-refractivity contribution in [3.63, 3.8) is 0 Å². The third-order valence-electron chi connectivity index (χ3n) is 6.31. The smallest absolute Gasteiger partial charge is 0.272 e. The van der Waals surface area contributed by atoms with Crippen LogP contribution in [-0.4, -0.2) is 87.4 Å². The normalized spacial score (nSPS) is 16.1. The lowest BCUT2D eigenvalue weighted by atomic mass is 10.2.